The van der Waals surface area contributed by atoms with E-state index in [0.29, 0.717) is 17.9 Å². The lowest BCUT2D eigenvalue weighted by molar-refractivity contribution is -0.152. The van der Waals surface area contributed by atoms with Gasteiger partial charge in [0.25, 0.3) is 11.8 Å². The maximum Gasteiger partial charge on any atom is 0.326 e. The minimum atomic E-state index is -0.950. The van der Waals surface area contributed by atoms with Crippen LogP contribution in [0.3, 0.4) is 0 Å². The molecule has 0 saturated carbocycles. The van der Waals surface area contributed by atoms with E-state index in [1.165, 1.54) is 0 Å². The number of fused-ring (bicyclic) bond motifs is 1. The van der Waals surface area contributed by atoms with E-state index in [1.54, 1.807) is 36.1 Å². The lowest BCUT2D eigenvalue weighted by Crippen LogP contribution is -2.44. The van der Waals surface area contributed by atoms with E-state index < -0.39 is 18.0 Å². The van der Waals surface area contributed by atoms with Crippen LogP contribution in [0.5, 0.6) is 5.75 Å². The fourth-order valence-corrected chi connectivity index (χ4v) is 3.51. The van der Waals surface area contributed by atoms with Gasteiger partial charge in [-0.2, -0.15) is 0 Å². The van der Waals surface area contributed by atoms with Crippen LogP contribution in [0.25, 0.3) is 0 Å². The first-order valence-corrected chi connectivity index (χ1v) is 10.0. The molecule has 0 radical (unpaired) electrons. The predicted molar refractivity (Wildman–Crippen MR) is 113 cm³/mol. The number of rotatable bonds is 7. The number of para-hydroxylation sites is 1. The van der Waals surface area contributed by atoms with Crippen molar-refractivity contribution in [1.29, 1.82) is 0 Å². The maximum atomic E-state index is 12.8. The molecule has 3 rings (SSSR count). The van der Waals surface area contributed by atoms with Crippen molar-refractivity contribution in [2.45, 2.75) is 39.3 Å². The van der Waals surface area contributed by atoms with Gasteiger partial charge in [-0.3, -0.25) is 14.4 Å². The molecule has 0 saturated heterocycles. The molecule has 2 amide bonds. The molecule has 2 atom stereocenters. The Labute approximate surface area is 176 Å². The van der Waals surface area contributed by atoms with Gasteiger partial charge in [0.1, 0.15) is 12.3 Å². The lowest BCUT2D eigenvalue weighted by Gasteiger charge is -2.26. The third-order valence-corrected chi connectivity index (χ3v) is 4.92. The van der Waals surface area contributed by atoms with Crippen molar-refractivity contribution < 1.29 is 23.9 Å². The van der Waals surface area contributed by atoms with Crippen molar-refractivity contribution in [3.63, 3.8) is 0 Å². The molecular weight excluding hydrogens is 384 g/mol. The average molecular weight is 410 g/mol. The zero-order chi connectivity index (χ0) is 21.7. The minimum absolute atomic E-state index is 0.00425. The standard InChI is InChI=1S/C23H26N2O5/c1-4-29-19-11-9-17(10-12-19)22(27)24-14-21(26)30-16(3)23(28)25-15(2)13-18-7-5-6-8-20(18)25/h5-12,15-16H,4,13-14H2,1-3H3,(H,24,27)/t15-,16-/m1/s1. The summed E-state index contributed by atoms with van der Waals surface area (Å²) in [6.07, 6.45) is -0.186. The number of esters is 1. The number of amides is 2. The molecule has 7 nitrogen and oxygen atoms in total. The molecule has 1 heterocycles. The summed E-state index contributed by atoms with van der Waals surface area (Å²) in [5.41, 5.74) is 2.35. The van der Waals surface area contributed by atoms with E-state index in [0.717, 1.165) is 17.7 Å². The number of anilines is 1. The molecule has 0 fully saturated rings. The highest BCUT2D eigenvalue weighted by Crippen LogP contribution is 2.32. The summed E-state index contributed by atoms with van der Waals surface area (Å²) in [6, 6.07) is 14.3. The van der Waals surface area contributed by atoms with Gasteiger partial charge in [-0.25, -0.2) is 0 Å². The van der Waals surface area contributed by atoms with Crippen LogP contribution >= 0.6 is 0 Å². The summed E-state index contributed by atoms with van der Waals surface area (Å²) >= 11 is 0. The van der Waals surface area contributed by atoms with E-state index >= 15 is 0 Å². The third kappa shape index (κ3) is 4.79. The number of benzene rings is 2. The van der Waals surface area contributed by atoms with Crippen LogP contribution < -0.4 is 15.0 Å². The quantitative estimate of drug-likeness (QED) is 0.710. The first-order valence-electron chi connectivity index (χ1n) is 10.0. The normalized spacial score (nSPS) is 15.8. The van der Waals surface area contributed by atoms with Crippen molar-refractivity contribution in [3.05, 3.63) is 59.7 Å². The summed E-state index contributed by atoms with van der Waals surface area (Å²) in [5.74, 6) is -0.691. The maximum absolute atomic E-state index is 12.8. The predicted octanol–water partition coefficient (Wildman–Crippen LogP) is 2.72. The lowest BCUT2D eigenvalue weighted by atomic mass is 10.1. The molecule has 0 bridgehead atoms. The van der Waals surface area contributed by atoms with E-state index in [4.69, 9.17) is 9.47 Å². The van der Waals surface area contributed by atoms with Gasteiger partial charge in [0, 0.05) is 17.3 Å². The van der Waals surface area contributed by atoms with Crippen molar-refractivity contribution >= 4 is 23.5 Å². The van der Waals surface area contributed by atoms with E-state index in [-0.39, 0.29) is 18.5 Å². The fraction of sp³-hybridized carbons (Fsp3) is 0.348. The Hall–Kier alpha value is -3.35. The molecule has 30 heavy (non-hydrogen) atoms. The van der Waals surface area contributed by atoms with Crippen LogP contribution in [0.1, 0.15) is 36.7 Å². The first kappa shape index (κ1) is 21.4. The number of carbonyl (C=O) groups excluding carboxylic acids is 3. The molecule has 2 aromatic carbocycles. The van der Waals surface area contributed by atoms with Gasteiger partial charge in [-0.05, 0) is 63.1 Å². The number of ether oxygens (including phenoxy) is 2. The molecule has 7 heteroatoms. The second kappa shape index (κ2) is 9.43. The van der Waals surface area contributed by atoms with Gasteiger partial charge in [0.05, 0.1) is 6.61 Å². The fourth-order valence-electron chi connectivity index (χ4n) is 3.51. The number of carbonyl (C=O) groups is 3. The summed E-state index contributed by atoms with van der Waals surface area (Å²) in [5, 5.41) is 2.51. The molecule has 1 aliphatic rings. The summed E-state index contributed by atoms with van der Waals surface area (Å²) in [6.45, 7) is 5.60. The van der Waals surface area contributed by atoms with E-state index in [2.05, 4.69) is 5.32 Å². The van der Waals surface area contributed by atoms with Crippen LogP contribution in [-0.2, 0) is 20.7 Å². The third-order valence-electron chi connectivity index (χ3n) is 4.92. The SMILES string of the molecule is CCOc1ccc(C(=O)NCC(=O)O[C@H](C)C(=O)N2c3ccccc3C[C@H]2C)cc1. The molecule has 0 aliphatic carbocycles. The largest absolute Gasteiger partial charge is 0.494 e. The molecule has 2 aromatic rings. The highest BCUT2D eigenvalue weighted by molar-refractivity contribution is 6.00. The van der Waals surface area contributed by atoms with Gasteiger partial charge in [-0.15, -0.1) is 0 Å². The van der Waals surface area contributed by atoms with Crippen LogP contribution in [0.2, 0.25) is 0 Å². The van der Waals surface area contributed by atoms with E-state index in [1.807, 2.05) is 38.1 Å². The van der Waals surface area contributed by atoms with Gasteiger partial charge < -0.3 is 19.7 Å². The summed E-state index contributed by atoms with van der Waals surface area (Å²) < 4.78 is 10.6. The highest BCUT2D eigenvalue weighted by Gasteiger charge is 2.34. The van der Waals surface area contributed by atoms with Gasteiger partial charge in [0.2, 0.25) is 0 Å². The van der Waals surface area contributed by atoms with Gasteiger partial charge in [-0.1, -0.05) is 18.2 Å². The molecule has 158 valence electrons. The number of nitrogens with zero attached hydrogens (tertiary/aromatic N) is 1. The molecular formula is C23H26N2O5. The van der Waals surface area contributed by atoms with Crippen molar-refractivity contribution in [3.8, 4) is 5.75 Å². The van der Waals surface area contributed by atoms with Gasteiger partial charge >= 0.3 is 5.97 Å². The molecule has 1 N–H and O–H groups in total. The zero-order valence-electron chi connectivity index (χ0n) is 17.4. The number of hydrogen-bond donors (Lipinski definition) is 1. The second-order valence-electron chi connectivity index (χ2n) is 7.16. The average Bonchev–Trinajstić information content (AvgIpc) is 3.07. The van der Waals surface area contributed by atoms with Crippen LogP contribution in [0.4, 0.5) is 5.69 Å². The monoisotopic (exact) mass is 410 g/mol. The Bertz CT molecular complexity index is 925. The van der Waals surface area contributed by atoms with Crippen molar-refractivity contribution in [2.75, 3.05) is 18.1 Å². The molecule has 0 spiro atoms. The summed E-state index contributed by atoms with van der Waals surface area (Å²) in [4.78, 5) is 38.9. The zero-order valence-corrected chi connectivity index (χ0v) is 17.4. The Morgan fingerprint density at radius 2 is 1.83 bits per heavy atom. The Kier molecular flexibility index (Phi) is 6.72. The smallest absolute Gasteiger partial charge is 0.326 e. The number of nitrogens with one attached hydrogen (secondary N) is 1. The Balaban J connectivity index is 1.52. The second-order valence-corrected chi connectivity index (χ2v) is 7.16. The Morgan fingerprint density at radius 3 is 2.53 bits per heavy atom. The molecule has 0 aromatic heterocycles. The molecule has 0 unspecified atom stereocenters. The highest BCUT2D eigenvalue weighted by atomic mass is 16.5. The first-order chi connectivity index (χ1) is 14.4. The van der Waals surface area contributed by atoms with Gasteiger partial charge in [0.15, 0.2) is 6.10 Å². The number of hydrogen-bond acceptors (Lipinski definition) is 5. The minimum Gasteiger partial charge on any atom is -0.494 e. The van der Waals surface area contributed by atoms with Crippen molar-refractivity contribution in [1.82, 2.24) is 5.32 Å². The van der Waals surface area contributed by atoms with Crippen LogP contribution in [-0.4, -0.2) is 43.1 Å². The van der Waals surface area contributed by atoms with Crippen LogP contribution in [0, 0.1) is 0 Å². The molecule has 1 aliphatic heterocycles. The van der Waals surface area contributed by atoms with Crippen LogP contribution in [0.15, 0.2) is 48.5 Å². The van der Waals surface area contributed by atoms with E-state index in [9.17, 15) is 14.4 Å². The summed E-state index contributed by atoms with van der Waals surface area (Å²) in [7, 11) is 0. The van der Waals surface area contributed by atoms with Crippen molar-refractivity contribution in [2.24, 2.45) is 0 Å². The Morgan fingerprint density at radius 1 is 1.13 bits per heavy atom. The topological polar surface area (TPSA) is 84.9 Å².